The number of urea groups is 1. The second-order valence-corrected chi connectivity index (χ2v) is 1.55. The van der Waals surface area contributed by atoms with E-state index >= 15 is 0 Å². The largest absolute Gasteiger partial charge is 0.344 e. The number of carbonyl (C=O) groups is 2. The number of nitrogens with zero attached hydrogens (tertiary/aromatic N) is 2. The summed E-state index contributed by atoms with van der Waals surface area (Å²) in [5.74, 6) is -0.340. The summed E-state index contributed by atoms with van der Waals surface area (Å²) in [4.78, 5) is 20.8. The van der Waals surface area contributed by atoms with Crippen molar-refractivity contribution in [1.29, 1.82) is 0 Å². The van der Waals surface area contributed by atoms with Gasteiger partial charge in [0.25, 0.3) is 0 Å². The van der Waals surface area contributed by atoms with E-state index in [-0.39, 0.29) is 12.5 Å². The molecule has 1 N–H and O–H groups in total. The molecule has 5 nitrogen and oxygen atoms in total. The van der Waals surface area contributed by atoms with Gasteiger partial charge in [0.2, 0.25) is 5.91 Å². The Kier molecular flexibility index (Phi) is 1.18. The van der Waals surface area contributed by atoms with Crippen LogP contribution in [0.15, 0.2) is 5.10 Å². The highest BCUT2D eigenvalue weighted by Crippen LogP contribution is 1.95. The van der Waals surface area contributed by atoms with Gasteiger partial charge >= 0.3 is 6.03 Å². The first-order chi connectivity index (χ1) is 4.24. The quantitative estimate of drug-likeness (QED) is 0.368. The number of carbonyl (C=O) groups excluding carboxylic acids is 2. The van der Waals surface area contributed by atoms with E-state index < -0.39 is 6.03 Å². The van der Waals surface area contributed by atoms with Crippen LogP contribution in [-0.2, 0) is 4.79 Å². The Hall–Kier alpha value is -1.39. The van der Waals surface area contributed by atoms with Crippen LogP contribution >= 0.6 is 0 Å². The topological polar surface area (TPSA) is 61.8 Å². The lowest BCUT2D eigenvalue weighted by molar-refractivity contribution is -0.118. The summed E-state index contributed by atoms with van der Waals surface area (Å²) in [5, 5.41) is 6.26. The number of rotatable bonds is 1. The Balaban J connectivity index is 2.68. The number of hydrogen-bond acceptors (Lipinski definition) is 3. The van der Waals surface area contributed by atoms with Gasteiger partial charge in [-0.25, -0.2) is 9.80 Å². The molecule has 1 aliphatic rings. The molecule has 0 radical (unpaired) electrons. The van der Waals surface area contributed by atoms with Crippen molar-refractivity contribution >= 4 is 18.7 Å². The van der Waals surface area contributed by atoms with E-state index in [0.717, 1.165) is 5.01 Å². The lowest BCUT2D eigenvalue weighted by atomic mass is 10.6. The maximum atomic E-state index is 10.5. The van der Waals surface area contributed by atoms with Crippen LogP contribution in [0.4, 0.5) is 4.79 Å². The molecule has 0 aromatic heterocycles. The first-order valence-electron chi connectivity index (χ1n) is 2.32. The van der Waals surface area contributed by atoms with E-state index in [9.17, 15) is 9.59 Å². The minimum absolute atomic E-state index is 0.0116. The molecule has 48 valence electrons. The van der Waals surface area contributed by atoms with Crippen LogP contribution in [0.25, 0.3) is 0 Å². The summed E-state index contributed by atoms with van der Waals surface area (Å²) >= 11 is 0. The van der Waals surface area contributed by atoms with Crippen molar-refractivity contribution < 1.29 is 9.59 Å². The predicted molar refractivity (Wildman–Crippen MR) is 29.8 cm³/mol. The van der Waals surface area contributed by atoms with Crippen LogP contribution in [0.2, 0.25) is 0 Å². The monoisotopic (exact) mass is 127 g/mol. The van der Waals surface area contributed by atoms with Crippen molar-refractivity contribution in [2.75, 3.05) is 6.54 Å². The Bertz CT molecular complexity index is 177. The van der Waals surface area contributed by atoms with Gasteiger partial charge in [-0.05, 0) is 0 Å². The molecule has 9 heavy (non-hydrogen) atoms. The lowest BCUT2D eigenvalue weighted by Crippen LogP contribution is -2.23. The molecule has 1 saturated heterocycles. The number of hydrogen-bond donors (Lipinski definition) is 1. The van der Waals surface area contributed by atoms with Gasteiger partial charge in [0.05, 0.1) is 0 Å². The van der Waals surface area contributed by atoms with E-state index in [2.05, 4.69) is 11.8 Å². The molecule has 1 rings (SSSR count). The first-order valence-corrected chi connectivity index (χ1v) is 2.32. The average Bonchev–Trinajstić information content (AvgIpc) is 2.10. The summed E-state index contributed by atoms with van der Waals surface area (Å²) in [5.41, 5.74) is 0. The lowest BCUT2D eigenvalue weighted by Gasteiger charge is -2.00. The smallest absolute Gasteiger partial charge is 0.275 e. The van der Waals surface area contributed by atoms with Crippen LogP contribution in [0, 0.1) is 0 Å². The molecule has 5 heteroatoms. The van der Waals surface area contributed by atoms with Crippen molar-refractivity contribution in [3.05, 3.63) is 0 Å². The Morgan fingerprint density at radius 1 is 1.67 bits per heavy atom. The molecule has 0 spiro atoms. The fraction of sp³-hybridized carbons (Fsp3) is 0.250. The van der Waals surface area contributed by atoms with E-state index in [1.807, 2.05) is 5.32 Å². The highest BCUT2D eigenvalue weighted by Gasteiger charge is 2.25. The highest BCUT2D eigenvalue weighted by atomic mass is 16.2. The van der Waals surface area contributed by atoms with Crippen LogP contribution < -0.4 is 5.32 Å². The predicted octanol–water partition coefficient (Wildman–Crippen LogP) is -0.846. The summed E-state index contributed by atoms with van der Waals surface area (Å²) in [6, 6.07) is -0.505. The molecule has 0 aromatic rings. The number of nitrogens with one attached hydrogen (secondary N) is 1. The normalized spacial score (nSPS) is 18.0. The van der Waals surface area contributed by atoms with Crippen molar-refractivity contribution in [2.24, 2.45) is 5.10 Å². The number of imide groups is 1. The zero-order valence-electron chi connectivity index (χ0n) is 4.63. The molecule has 0 bridgehead atoms. The molecular weight excluding hydrogens is 122 g/mol. The van der Waals surface area contributed by atoms with Gasteiger partial charge in [0.1, 0.15) is 6.54 Å². The molecule has 3 amide bonds. The van der Waals surface area contributed by atoms with Gasteiger partial charge in [0, 0.05) is 6.72 Å². The fourth-order valence-electron chi connectivity index (χ4n) is 0.545. The van der Waals surface area contributed by atoms with Crippen molar-refractivity contribution in [2.45, 2.75) is 0 Å². The van der Waals surface area contributed by atoms with E-state index in [1.54, 1.807) is 0 Å². The molecule has 1 fully saturated rings. The number of amides is 3. The van der Waals surface area contributed by atoms with Gasteiger partial charge in [-0.3, -0.25) is 10.1 Å². The Labute approximate surface area is 51.3 Å². The maximum absolute atomic E-state index is 10.5. The van der Waals surface area contributed by atoms with Crippen molar-refractivity contribution in [3.8, 4) is 0 Å². The van der Waals surface area contributed by atoms with Gasteiger partial charge in [-0.15, -0.1) is 0 Å². The molecule has 0 atom stereocenters. The fourth-order valence-corrected chi connectivity index (χ4v) is 0.545. The third-order valence-corrected chi connectivity index (χ3v) is 0.945. The van der Waals surface area contributed by atoms with Crippen molar-refractivity contribution in [3.63, 3.8) is 0 Å². The van der Waals surface area contributed by atoms with Crippen molar-refractivity contribution in [1.82, 2.24) is 10.3 Å². The number of hydrazone groups is 1. The zero-order valence-corrected chi connectivity index (χ0v) is 4.63. The molecule has 0 aromatic carbocycles. The third kappa shape index (κ3) is 0.883. The zero-order chi connectivity index (χ0) is 6.85. The minimum Gasteiger partial charge on any atom is -0.275 e. The second-order valence-electron chi connectivity index (χ2n) is 1.55. The minimum atomic E-state index is -0.505. The second kappa shape index (κ2) is 1.85. The van der Waals surface area contributed by atoms with Crippen LogP contribution in [0.5, 0.6) is 0 Å². The van der Waals surface area contributed by atoms with Gasteiger partial charge in [0.15, 0.2) is 0 Å². The molecule has 0 aliphatic carbocycles. The molecule has 0 saturated carbocycles. The summed E-state index contributed by atoms with van der Waals surface area (Å²) in [6.07, 6.45) is 0. The Morgan fingerprint density at radius 3 is 2.56 bits per heavy atom. The van der Waals surface area contributed by atoms with E-state index in [1.165, 1.54) is 0 Å². The van der Waals surface area contributed by atoms with Gasteiger partial charge in [-0.2, -0.15) is 5.10 Å². The summed E-state index contributed by atoms with van der Waals surface area (Å²) < 4.78 is 0. The summed E-state index contributed by atoms with van der Waals surface area (Å²) in [7, 11) is 0. The van der Waals surface area contributed by atoms with E-state index in [4.69, 9.17) is 0 Å². The Morgan fingerprint density at radius 2 is 2.33 bits per heavy atom. The summed E-state index contributed by atoms with van der Waals surface area (Å²) in [6.45, 7) is 3.08. The maximum Gasteiger partial charge on any atom is 0.344 e. The molecule has 0 unspecified atom stereocenters. The first kappa shape index (κ1) is 5.74. The van der Waals surface area contributed by atoms with Crippen LogP contribution in [0.1, 0.15) is 0 Å². The standard InChI is InChI=1S/C4H5N3O2/c1-5-7-2-3(8)6-4(7)9/h1-2H2,(H,6,8,9). The van der Waals surface area contributed by atoms with Gasteiger partial charge in [-0.1, -0.05) is 0 Å². The van der Waals surface area contributed by atoms with Gasteiger partial charge < -0.3 is 0 Å². The molecule has 1 aliphatic heterocycles. The van der Waals surface area contributed by atoms with Crippen LogP contribution in [-0.4, -0.2) is 30.2 Å². The third-order valence-electron chi connectivity index (χ3n) is 0.945. The SMILES string of the molecule is C=NN1CC(=O)NC1=O. The molecule has 1 heterocycles. The van der Waals surface area contributed by atoms with Crippen LogP contribution in [0.3, 0.4) is 0 Å². The average molecular weight is 127 g/mol. The van der Waals surface area contributed by atoms with E-state index in [0.29, 0.717) is 0 Å². The highest BCUT2D eigenvalue weighted by molar-refractivity contribution is 6.01. The molecular formula is C4H5N3O2.